The number of carbonyl (C=O) groups is 2. The van der Waals surface area contributed by atoms with E-state index in [4.69, 9.17) is 5.11 Å². The number of carboxylic acid groups (broad SMARTS) is 1. The van der Waals surface area contributed by atoms with Crippen LogP contribution in [0.2, 0.25) is 0 Å². The van der Waals surface area contributed by atoms with Gasteiger partial charge in [-0.15, -0.1) is 11.3 Å². The Morgan fingerprint density at radius 2 is 2.15 bits per heavy atom. The monoisotopic (exact) mass is 372 g/mol. The third-order valence-electron chi connectivity index (χ3n) is 4.08. The molecule has 0 radical (unpaired) electrons. The fraction of sp³-hybridized carbons (Fsp3) is 0.333. The lowest BCUT2D eigenvalue weighted by Gasteiger charge is -2.20. The zero-order chi connectivity index (χ0) is 18.8. The van der Waals surface area contributed by atoms with Crippen LogP contribution in [-0.2, 0) is 11.8 Å². The number of carboxylic acids is 1. The fourth-order valence-electron chi connectivity index (χ4n) is 3.02. The number of nitrogens with zero attached hydrogens (tertiary/aromatic N) is 4. The number of hydrogen-bond acceptors (Lipinski definition) is 5. The first-order valence-electron chi connectivity index (χ1n) is 8.31. The predicted molar refractivity (Wildman–Crippen MR) is 100 cm³/mol. The highest BCUT2D eigenvalue weighted by Crippen LogP contribution is 2.30. The maximum Gasteiger partial charge on any atom is 0.323 e. The number of pyridine rings is 1. The zero-order valence-corrected chi connectivity index (χ0v) is 15.7. The Labute approximate surface area is 154 Å². The van der Waals surface area contributed by atoms with Crippen molar-refractivity contribution in [3.63, 3.8) is 0 Å². The van der Waals surface area contributed by atoms with Gasteiger partial charge in [-0.05, 0) is 30.9 Å². The SMILES string of the molecule is CCCN(CC(=O)O)C(=O)c1cc(-c2cccs2)nc2c1c(C)nn2C. The van der Waals surface area contributed by atoms with E-state index in [1.54, 1.807) is 17.8 Å². The van der Waals surface area contributed by atoms with Gasteiger partial charge in [0.15, 0.2) is 5.65 Å². The molecule has 3 heterocycles. The van der Waals surface area contributed by atoms with E-state index in [0.717, 1.165) is 4.88 Å². The van der Waals surface area contributed by atoms with Crippen molar-refractivity contribution in [1.82, 2.24) is 19.7 Å². The average Bonchev–Trinajstić information content (AvgIpc) is 3.22. The summed E-state index contributed by atoms with van der Waals surface area (Å²) in [6.07, 6.45) is 0.678. The Bertz CT molecular complexity index is 963. The molecule has 3 rings (SSSR count). The minimum atomic E-state index is -1.03. The van der Waals surface area contributed by atoms with Gasteiger partial charge in [-0.1, -0.05) is 13.0 Å². The molecule has 0 aromatic carbocycles. The topological polar surface area (TPSA) is 88.3 Å². The van der Waals surface area contributed by atoms with E-state index in [1.807, 2.05) is 31.4 Å². The standard InChI is InChI=1S/C18H20N4O3S/c1-4-7-22(10-15(23)24)18(25)12-9-13(14-6-5-8-26-14)19-17-16(12)11(2)20-21(17)3/h5-6,8-9H,4,7,10H2,1-3H3,(H,23,24). The highest BCUT2D eigenvalue weighted by atomic mass is 32.1. The lowest BCUT2D eigenvalue weighted by Crippen LogP contribution is -2.36. The van der Waals surface area contributed by atoms with E-state index in [0.29, 0.717) is 41.0 Å². The van der Waals surface area contributed by atoms with Crippen LogP contribution in [0.25, 0.3) is 21.6 Å². The van der Waals surface area contributed by atoms with Gasteiger partial charge in [0, 0.05) is 13.6 Å². The molecule has 0 aliphatic heterocycles. The van der Waals surface area contributed by atoms with Crippen molar-refractivity contribution in [2.75, 3.05) is 13.1 Å². The largest absolute Gasteiger partial charge is 0.480 e. The highest BCUT2D eigenvalue weighted by Gasteiger charge is 2.24. The predicted octanol–water partition coefficient (Wildman–Crippen LogP) is 2.94. The number of amides is 1. The smallest absolute Gasteiger partial charge is 0.323 e. The number of aliphatic carboxylic acids is 1. The molecular weight excluding hydrogens is 352 g/mol. The van der Waals surface area contributed by atoms with Gasteiger partial charge >= 0.3 is 5.97 Å². The van der Waals surface area contributed by atoms with Crippen molar-refractivity contribution in [1.29, 1.82) is 0 Å². The summed E-state index contributed by atoms with van der Waals surface area (Å²) in [4.78, 5) is 31.3. The van der Waals surface area contributed by atoms with Crippen LogP contribution in [0.3, 0.4) is 0 Å². The molecule has 8 heteroatoms. The van der Waals surface area contributed by atoms with Gasteiger partial charge in [0.2, 0.25) is 0 Å². The first-order valence-corrected chi connectivity index (χ1v) is 9.19. The molecule has 0 saturated carbocycles. The van der Waals surface area contributed by atoms with E-state index in [2.05, 4.69) is 10.1 Å². The molecule has 26 heavy (non-hydrogen) atoms. The Balaban J connectivity index is 2.19. The molecule has 3 aromatic rings. The molecule has 1 N–H and O–H groups in total. The van der Waals surface area contributed by atoms with Crippen LogP contribution in [0.5, 0.6) is 0 Å². The third kappa shape index (κ3) is 3.32. The molecule has 0 atom stereocenters. The Morgan fingerprint density at radius 1 is 1.38 bits per heavy atom. The molecule has 136 valence electrons. The number of fused-ring (bicyclic) bond motifs is 1. The summed E-state index contributed by atoms with van der Waals surface area (Å²) >= 11 is 1.54. The van der Waals surface area contributed by atoms with Gasteiger partial charge in [-0.25, -0.2) is 4.98 Å². The maximum atomic E-state index is 13.2. The van der Waals surface area contributed by atoms with Gasteiger partial charge in [0.1, 0.15) is 6.54 Å². The van der Waals surface area contributed by atoms with E-state index in [9.17, 15) is 9.59 Å². The number of carbonyl (C=O) groups excluding carboxylic acids is 1. The van der Waals surface area contributed by atoms with E-state index >= 15 is 0 Å². The van der Waals surface area contributed by atoms with Crippen molar-refractivity contribution < 1.29 is 14.7 Å². The van der Waals surface area contributed by atoms with E-state index in [-0.39, 0.29) is 12.5 Å². The summed E-state index contributed by atoms with van der Waals surface area (Å²) in [7, 11) is 1.79. The quantitative estimate of drug-likeness (QED) is 0.719. The number of thiophene rings is 1. The molecule has 0 spiro atoms. The first-order chi connectivity index (χ1) is 12.4. The third-order valence-corrected chi connectivity index (χ3v) is 4.97. The van der Waals surface area contributed by atoms with Crippen LogP contribution in [-0.4, -0.2) is 49.7 Å². The van der Waals surface area contributed by atoms with Crippen molar-refractivity contribution >= 4 is 34.2 Å². The summed E-state index contributed by atoms with van der Waals surface area (Å²) in [6.45, 7) is 3.79. The van der Waals surface area contributed by atoms with Crippen molar-refractivity contribution in [3.8, 4) is 10.6 Å². The van der Waals surface area contributed by atoms with Gasteiger partial charge < -0.3 is 10.0 Å². The fourth-order valence-corrected chi connectivity index (χ4v) is 3.71. The van der Waals surface area contributed by atoms with Gasteiger partial charge in [0.25, 0.3) is 5.91 Å². The van der Waals surface area contributed by atoms with Crippen LogP contribution >= 0.6 is 11.3 Å². The summed E-state index contributed by atoms with van der Waals surface area (Å²) in [5.41, 5.74) is 2.44. The lowest BCUT2D eigenvalue weighted by molar-refractivity contribution is -0.137. The van der Waals surface area contributed by atoms with Gasteiger partial charge in [-0.2, -0.15) is 5.10 Å². The van der Waals surface area contributed by atoms with Crippen LogP contribution < -0.4 is 0 Å². The summed E-state index contributed by atoms with van der Waals surface area (Å²) in [6, 6.07) is 5.61. The zero-order valence-electron chi connectivity index (χ0n) is 14.9. The lowest BCUT2D eigenvalue weighted by atomic mass is 10.1. The van der Waals surface area contributed by atoms with Gasteiger partial charge in [-0.3, -0.25) is 14.3 Å². The van der Waals surface area contributed by atoms with Crippen LogP contribution in [0, 0.1) is 6.92 Å². The molecule has 0 unspecified atom stereocenters. The van der Waals surface area contributed by atoms with Crippen LogP contribution in [0.1, 0.15) is 29.4 Å². The van der Waals surface area contributed by atoms with E-state index < -0.39 is 5.97 Å². The summed E-state index contributed by atoms with van der Waals surface area (Å²) in [5, 5.41) is 16.2. The Morgan fingerprint density at radius 3 is 2.77 bits per heavy atom. The van der Waals surface area contributed by atoms with Crippen LogP contribution in [0.15, 0.2) is 23.6 Å². The Kier molecular flexibility index (Phi) is 5.03. The minimum absolute atomic E-state index is 0.310. The molecule has 0 bridgehead atoms. The molecule has 0 aliphatic carbocycles. The number of hydrogen-bond donors (Lipinski definition) is 1. The second-order valence-electron chi connectivity index (χ2n) is 6.06. The van der Waals surface area contributed by atoms with Crippen molar-refractivity contribution in [2.24, 2.45) is 7.05 Å². The molecule has 1 amide bonds. The second kappa shape index (κ2) is 7.25. The van der Waals surface area contributed by atoms with E-state index in [1.165, 1.54) is 16.2 Å². The van der Waals surface area contributed by atoms with Gasteiger partial charge in [0.05, 0.1) is 27.2 Å². The average molecular weight is 372 g/mol. The number of rotatable bonds is 6. The minimum Gasteiger partial charge on any atom is -0.480 e. The molecule has 3 aromatic heterocycles. The van der Waals surface area contributed by atoms with Crippen molar-refractivity contribution in [3.05, 3.63) is 34.8 Å². The molecular formula is C18H20N4O3S. The molecule has 7 nitrogen and oxygen atoms in total. The number of aryl methyl sites for hydroxylation is 2. The normalized spacial score (nSPS) is 11.0. The first kappa shape index (κ1) is 18.1. The molecule has 0 aliphatic rings. The molecule has 0 fully saturated rings. The summed E-state index contributed by atoms with van der Waals surface area (Å²) < 4.78 is 1.65. The van der Waals surface area contributed by atoms with Crippen molar-refractivity contribution in [2.45, 2.75) is 20.3 Å². The molecule has 0 saturated heterocycles. The Hall–Kier alpha value is -2.74. The highest BCUT2D eigenvalue weighted by molar-refractivity contribution is 7.13. The second-order valence-corrected chi connectivity index (χ2v) is 7.01. The van der Waals surface area contributed by atoms with Crippen LogP contribution in [0.4, 0.5) is 0 Å². The summed E-state index contributed by atoms with van der Waals surface area (Å²) in [5.74, 6) is -1.34. The number of aromatic nitrogens is 3. The maximum absolute atomic E-state index is 13.2.